The van der Waals surface area contributed by atoms with Gasteiger partial charge in [0.15, 0.2) is 5.13 Å². The molecule has 24 heavy (non-hydrogen) atoms. The molecule has 7 heteroatoms. The summed E-state index contributed by atoms with van der Waals surface area (Å²) in [5.41, 5.74) is 2.06. The number of carbonyl (C=O) groups excluding carboxylic acids is 1. The number of pyridine rings is 1. The fourth-order valence-corrected chi connectivity index (χ4v) is 2.94. The van der Waals surface area contributed by atoms with Crippen LogP contribution >= 0.6 is 11.3 Å². The Kier molecular flexibility index (Phi) is 4.72. The van der Waals surface area contributed by atoms with Gasteiger partial charge in [-0.1, -0.05) is 6.07 Å². The van der Waals surface area contributed by atoms with E-state index in [4.69, 9.17) is 9.47 Å². The summed E-state index contributed by atoms with van der Waals surface area (Å²) in [5.74, 6) is 0.551. The van der Waals surface area contributed by atoms with Gasteiger partial charge < -0.3 is 9.47 Å². The number of aromatic nitrogens is 2. The summed E-state index contributed by atoms with van der Waals surface area (Å²) in [6.07, 6.45) is 3.40. The van der Waals surface area contributed by atoms with Gasteiger partial charge in [0.05, 0.1) is 19.9 Å². The molecule has 0 saturated carbocycles. The van der Waals surface area contributed by atoms with Crippen molar-refractivity contribution in [1.29, 1.82) is 0 Å². The van der Waals surface area contributed by atoms with Crippen LogP contribution in [0.4, 0.5) is 5.13 Å². The lowest BCUT2D eigenvalue weighted by atomic mass is 10.1. The summed E-state index contributed by atoms with van der Waals surface area (Å²) < 4.78 is 10.5. The Bertz CT molecular complexity index is 827. The van der Waals surface area contributed by atoms with E-state index in [2.05, 4.69) is 15.3 Å². The number of carbonyl (C=O) groups is 1. The minimum Gasteiger partial charge on any atom is -0.496 e. The second-order valence-electron chi connectivity index (χ2n) is 4.77. The third-order valence-corrected chi connectivity index (χ3v) is 4.11. The van der Waals surface area contributed by atoms with Crippen LogP contribution in [0, 0.1) is 0 Å². The van der Waals surface area contributed by atoms with Gasteiger partial charge in [0.25, 0.3) is 5.91 Å². The highest BCUT2D eigenvalue weighted by Gasteiger charge is 2.19. The van der Waals surface area contributed by atoms with Crippen molar-refractivity contribution in [2.24, 2.45) is 0 Å². The van der Waals surface area contributed by atoms with Gasteiger partial charge in [-0.25, -0.2) is 4.98 Å². The molecule has 1 N–H and O–H groups in total. The Morgan fingerprint density at radius 3 is 2.38 bits per heavy atom. The molecule has 0 aliphatic carbocycles. The molecule has 2 aromatic heterocycles. The summed E-state index contributed by atoms with van der Waals surface area (Å²) in [4.78, 5) is 21.0. The average molecular weight is 341 g/mol. The second-order valence-corrected chi connectivity index (χ2v) is 5.62. The summed E-state index contributed by atoms with van der Waals surface area (Å²) >= 11 is 1.35. The van der Waals surface area contributed by atoms with Crippen molar-refractivity contribution in [2.75, 3.05) is 19.5 Å². The zero-order valence-electron chi connectivity index (χ0n) is 13.1. The van der Waals surface area contributed by atoms with Gasteiger partial charge >= 0.3 is 0 Å². The molecule has 0 unspecified atom stereocenters. The van der Waals surface area contributed by atoms with E-state index in [1.165, 1.54) is 25.6 Å². The quantitative estimate of drug-likeness (QED) is 0.769. The first kappa shape index (κ1) is 15.9. The Hall–Kier alpha value is -2.93. The smallest absolute Gasteiger partial charge is 0.265 e. The molecule has 1 amide bonds. The van der Waals surface area contributed by atoms with Crippen LogP contribution < -0.4 is 14.8 Å². The fraction of sp³-hybridized carbons (Fsp3) is 0.118. The molecule has 3 rings (SSSR count). The van der Waals surface area contributed by atoms with E-state index in [0.29, 0.717) is 22.2 Å². The van der Waals surface area contributed by atoms with Gasteiger partial charge in [0, 0.05) is 23.3 Å². The number of methoxy groups -OCH3 is 2. The van der Waals surface area contributed by atoms with Crippen LogP contribution in [0.25, 0.3) is 11.3 Å². The number of benzene rings is 1. The van der Waals surface area contributed by atoms with Gasteiger partial charge in [-0.15, -0.1) is 11.3 Å². The van der Waals surface area contributed by atoms with E-state index in [-0.39, 0.29) is 5.91 Å². The molecule has 3 aromatic rings. The number of amides is 1. The summed E-state index contributed by atoms with van der Waals surface area (Å²) in [6.45, 7) is 0. The van der Waals surface area contributed by atoms with Crippen molar-refractivity contribution in [2.45, 2.75) is 0 Å². The molecular formula is C17H15N3O3S. The number of thiazole rings is 1. The molecule has 0 fully saturated rings. The highest BCUT2D eigenvalue weighted by Crippen LogP contribution is 2.30. The van der Waals surface area contributed by atoms with Gasteiger partial charge in [-0.05, 0) is 24.3 Å². The number of ether oxygens (including phenoxy) is 2. The molecule has 2 heterocycles. The topological polar surface area (TPSA) is 73.3 Å². The maximum absolute atomic E-state index is 12.6. The molecular weight excluding hydrogens is 326 g/mol. The summed E-state index contributed by atoms with van der Waals surface area (Å²) in [6, 6.07) is 8.91. The molecule has 0 radical (unpaired) electrons. The first-order valence-corrected chi connectivity index (χ1v) is 7.99. The molecule has 0 aliphatic heterocycles. The fourth-order valence-electron chi connectivity index (χ4n) is 2.22. The van der Waals surface area contributed by atoms with E-state index in [1.54, 1.807) is 30.6 Å². The van der Waals surface area contributed by atoms with Crippen molar-refractivity contribution in [3.63, 3.8) is 0 Å². The monoisotopic (exact) mass is 341 g/mol. The predicted molar refractivity (Wildman–Crippen MR) is 92.8 cm³/mol. The third-order valence-electron chi connectivity index (χ3n) is 3.36. The molecule has 6 nitrogen and oxygen atoms in total. The standard InChI is InChI=1S/C17H15N3O3S/c1-22-13-4-3-5-14(23-2)15(13)16(21)20-17-19-12(10-24-17)11-6-8-18-9-7-11/h3-10H,1-2H3,(H,19,20,21). The van der Waals surface area contributed by atoms with Crippen LogP contribution in [0.2, 0.25) is 0 Å². The molecule has 0 atom stereocenters. The highest BCUT2D eigenvalue weighted by molar-refractivity contribution is 7.14. The van der Waals surface area contributed by atoms with Crippen LogP contribution in [0.3, 0.4) is 0 Å². The molecule has 0 aliphatic rings. The number of hydrogen-bond donors (Lipinski definition) is 1. The Labute approximate surface area is 143 Å². The SMILES string of the molecule is COc1cccc(OC)c1C(=O)Nc1nc(-c2ccncc2)cs1. The predicted octanol–water partition coefficient (Wildman–Crippen LogP) is 3.47. The zero-order valence-corrected chi connectivity index (χ0v) is 14.0. The zero-order chi connectivity index (χ0) is 16.9. The van der Waals surface area contributed by atoms with E-state index >= 15 is 0 Å². The number of nitrogens with zero attached hydrogens (tertiary/aromatic N) is 2. The normalized spacial score (nSPS) is 10.2. The van der Waals surface area contributed by atoms with Gasteiger partial charge in [-0.3, -0.25) is 15.1 Å². The third kappa shape index (κ3) is 3.21. The largest absolute Gasteiger partial charge is 0.496 e. The van der Waals surface area contributed by atoms with Crippen molar-refractivity contribution in [3.05, 3.63) is 53.7 Å². The van der Waals surface area contributed by atoms with Crippen LogP contribution in [0.1, 0.15) is 10.4 Å². The van der Waals surface area contributed by atoms with E-state index in [0.717, 1.165) is 11.3 Å². The minimum atomic E-state index is -0.333. The van der Waals surface area contributed by atoms with Gasteiger partial charge in [0.1, 0.15) is 17.1 Å². The van der Waals surface area contributed by atoms with Crippen LogP contribution in [-0.4, -0.2) is 30.1 Å². The van der Waals surface area contributed by atoms with Crippen molar-refractivity contribution in [1.82, 2.24) is 9.97 Å². The van der Waals surface area contributed by atoms with Crippen molar-refractivity contribution >= 4 is 22.4 Å². The van der Waals surface area contributed by atoms with Gasteiger partial charge in [-0.2, -0.15) is 0 Å². The molecule has 0 bridgehead atoms. The lowest BCUT2D eigenvalue weighted by Gasteiger charge is -2.11. The highest BCUT2D eigenvalue weighted by atomic mass is 32.1. The van der Waals surface area contributed by atoms with Crippen molar-refractivity contribution < 1.29 is 14.3 Å². The lowest BCUT2D eigenvalue weighted by molar-refractivity contribution is 0.102. The Balaban J connectivity index is 1.85. The van der Waals surface area contributed by atoms with Crippen LogP contribution in [0.15, 0.2) is 48.1 Å². The molecule has 0 saturated heterocycles. The molecule has 0 spiro atoms. The first-order chi connectivity index (χ1) is 11.7. The van der Waals surface area contributed by atoms with Gasteiger partial charge in [0.2, 0.25) is 0 Å². The van der Waals surface area contributed by atoms with Crippen molar-refractivity contribution in [3.8, 4) is 22.8 Å². The number of hydrogen-bond acceptors (Lipinski definition) is 6. The maximum atomic E-state index is 12.6. The van der Waals surface area contributed by atoms with E-state index < -0.39 is 0 Å². The van der Waals surface area contributed by atoms with Crippen LogP contribution in [-0.2, 0) is 0 Å². The number of rotatable bonds is 5. The Morgan fingerprint density at radius 2 is 1.75 bits per heavy atom. The van der Waals surface area contributed by atoms with Crippen LogP contribution in [0.5, 0.6) is 11.5 Å². The molecule has 122 valence electrons. The summed E-state index contributed by atoms with van der Waals surface area (Å²) in [5, 5.41) is 5.17. The minimum absolute atomic E-state index is 0.333. The second kappa shape index (κ2) is 7.10. The molecule has 1 aromatic carbocycles. The average Bonchev–Trinajstić information content (AvgIpc) is 3.10. The first-order valence-electron chi connectivity index (χ1n) is 7.11. The van der Waals surface area contributed by atoms with E-state index in [9.17, 15) is 4.79 Å². The summed E-state index contributed by atoms with van der Waals surface area (Å²) in [7, 11) is 3.02. The lowest BCUT2D eigenvalue weighted by Crippen LogP contribution is -2.14. The Morgan fingerprint density at radius 1 is 1.08 bits per heavy atom. The maximum Gasteiger partial charge on any atom is 0.265 e. The van der Waals surface area contributed by atoms with E-state index in [1.807, 2.05) is 17.5 Å². The number of nitrogens with one attached hydrogen (secondary N) is 1. The number of anilines is 1.